The fourth-order valence-electron chi connectivity index (χ4n) is 2.54. The van der Waals surface area contributed by atoms with E-state index in [9.17, 15) is 0 Å². The Hall–Kier alpha value is -1.49. The summed E-state index contributed by atoms with van der Waals surface area (Å²) < 4.78 is 0.516. The second-order valence-electron chi connectivity index (χ2n) is 5.90. The van der Waals surface area contributed by atoms with Gasteiger partial charge >= 0.3 is 0 Å². The standard InChI is InChI=1S/C15H15NS2.C6H15N/c17-15(18)16(11-13-7-3-1-4-8-13)12-14-9-5-2-6-10-14;1-4-7(5-2)6-3/h1-10H,11-12H2,(H,17,18);4-6H2,1-3H3. The quantitative estimate of drug-likeness (QED) is 0.587. The van der Waals surface area contributed by atoms with Crippen molar-refractivity contribution in [2.24, 2.45) is 0 Å². The summed E-state index contributed by atoms with van der Waals surface area (Å²) in [5, 5.41) is 0. The number of thiocarbonyl (C=S) groups is 1. The molecule has 2 nitrogen and oxygen atoms in total. The van der Waals surface area contributed by atoms with Gasteiger partial charge in [-0.25, -0.2) is 0 Å². The summed E-state index contributed by atoms with van der Waals surface area (Å²) in [6.45, 7) is 12.0. The number of quaternary nitrogens is 1. The molecule has 2 aromatic carbocycles. The zero-order chi connectivity index (χ0) is 18.5. The van der Waals surface area contributed by atoms with Crippen LogP contribution in [0.4, 0.5) is 0 Å². The zero-order valence-electron chi connectivity index (χ0n) is 15.6. The predicted molar refractivity (Wildman–Crippen MR) is 115 cm³/mol. The number of rotatable bonds is 7. The van der Waals surface area contributed by atoms with Crippen molar-refractivity contribution < 1.29 is 4.90 Å². The average Bonchev–Trinajstić information content (AvgIpc) is 2.65. The van der Waals surface area contributed by atoms with E-state index in [1.807, 2.05) is 41.3 Å². The monoisotopic (exact) mass is 374 g/mol. The minimum atomic E-state index is 0.516. The van der Waals surface area contributed by atoms with Crippen molar-refractivity contribution in [2.75, 3.05) is 19.6 Å². The third-order valence-electron chi connectivity index (χ3n) is 4.19. The Balaban J connectivity index is 0.000000381. The van der Waals surface area contributed by atoms with E-state index < -0.39 is 0 Å². The van der Waals surface area contributed by atoms with E-state index in [1.165, 1.54) is 30.8 Å². The first-order valence-electron chi connectivity index (χ1n) is 8.97. The fraction of sp³-hybridized carbons (Fsp3) is 0.381. The fourth-order valence-corrected chi connectivity index (χ4v) is 2.80. The minimum absolute atomic E-state index is 0.516. The Morgan fingerprint density at radius 2 is 1.16 bits per heavy atom. The lowest BCUT2D eigenvalue weighted by Gasteiger charge is -2.28. The maximum atomic E-state index is 5.16. The van der Waals surface area contributed by atoms with Crippen LogP contribution in [0.3, 0.4) is 0 Å². The van der Waals surface area contributed by atoms with Crippen LogP contribution in [-0.2, 0) is 25.7 Å². The van der Waals surface area contributed by atoms with E-state index in [0.717, 1.165) is 13.1 Å². The number of benzene rings is 2. The largest absolute Gasteiger partial charge is 0.411 e. The number of nitrogens with zero attached hydrogens (tertiary/aromatic N) is 1. The predicted octanol–water partition coefficient (Wildman–Crippen LogP) is 3.45. The molecule has 1 N–H and O–H groups in total. The van der Waals surface area contributed by atoms with Crippen LogP contribution in [0.1, 0.15) is 31.9 Å². The first-order valence-corrected chi connectivity index (χ1v) is 9.79. The van der Waals surface area contributed by atoms with Crippen molar-refractivity contribution in [3.8, 4) is 0 Å². The Kier molecular flexibility index (Phi) is 11.0. The molecular formula is C21H30N2S2. The number of nitrogens with one attached hydrogen (secondary N) is 1. The van der Waals surface area contributed by atoms with Crippen LogP contribution >= 0.6 is 12.2 Å². The summed E-state index contributed by atoms with van der Waals surface area (Å²) in [6.07, 6.45) is 0. The second-order valence-corrected chi connectivity index (χ2v) is 6.94. The van der Waals surface area contributed by atoms with Crippen molar-refractivity contribution in [2.45, 2.75) is 33.9 Å². The van der Waals surface area contributed by atoms with E-state index in [2.05, 4.69) is 45.0 Å². The van der Waals surface area contributed by atoms with E-state index in [-0.39, 0.29) is 0 Å². The molecule has 0 aliphatic carbocycles. The number of hydrogen-bond donors (Lipinski definition) is 1. The minimum Gasteiger partial charge on any atom is -0.411 e. The third-order valence-corrected chi connectivity index (χ3v) is 4.71. The van der Waals surface area contributed by atoms with Gasteiger partial charge in [0.15, 0.2) is 0 Å². The maximum absolute atomic E-state index is 5.16. The van der Waals surface area contributed by atoms with Crippen molar-refractivity contribution >= 4 is 29.2 Å². The van der Waals surface area contributed by atoms with Gasteiger partial charge in [-0.3, -0.25) is 0 Å². The highest BCUT2D eigenvalue weighted by molar-refractivity contribution is 8.00. The summed E-state index contributed by atoms with van der Waals surface area (Å²) in [5.74, 6) is 0. The summed E-state index contributed by atoms with van der Waals surface area (Å²) in [7, 11) is 0. The molecule has 0 aliphatic heterocycles. The third kappa shape index (κ3) is 8.96. The second kappa shape index (κ2) is 12.8. The lowest BCUT2D eigenvalue weighted by atomic mass is 10.2. The molecule has 136 valence electrons. The number of hydrogen-bond acceptors (Lipinski definition) is 2. The molecule has 0 bridgehead atoms. The van der Waals surface area contributed by atoms with Crippen molar-refractivity contribution in [3.63, 3.8) is 0 Å². The van der Waals surface area contributed by atoms with Gasteiger partial charge in [0.2, 0.25) is 0 Å². The lowest BCUT2D eigenvalue weighted by Crippen LogP contribution is -3.11. The topological polar surface area (TPSA) is 7.68 Å². The molecule has 0 heterocycles. The highest BCUT2D eigenvalue weighted by atomic mass is 32.1. The van der Waals surface area contributed by atoms with Gasteiger partial charge < -0.3 is 34.6 Å². The molecule has 0 aliphatic rings. The Morgan fingerprint density at radius 3 is 1.40 bits per heavy atom. The summed E-state index contributed by atoms with van der Waals surface area (Å²) in [4.78, 5) is 3.72. The van der Waals surface area contributed by atoms with Crippen LogP contribution in [0.25, 0.3) is 0 Å². The van der Waals surface area contributed by atoms with Crippen LogP contribution < -0.4 is 4.90 Å². The molecule has 0 saturated heterocycles. The molecule has 0 aromatic heterocycles. The summed E-state index contributed by atoms with van der Waals surface area (Å²) in [6, 6.07) is 20.5. The molecule has 4 heteroatoms. The highest BCUT2D eigenvalue weighted by Gasteiger charge is 2.03. The molecular weight excluding hydrogens is 344 g/mol. The molecule has 2 aromatic rings. The molecule has 0 fully saturated rings. The smallest absolute Gasteiger partial charge is 0.0742 e. The van der Waals surface area contributed by atoms with Crippen LogP contribution in [-0.4, -0.2) is 28.9 Å². The normalized spacial score (nSPS) is 10.1. The van der Waals surface area contributed by atoms with Gasteiger partial charge in [-0.2, -0.15) is 0 Å². The van der Waals surface area contributed by atoms with Crippen molar-refractivity contribution in [1.29, 1.82) is 0 Å². The Labute approximate surface area is 164 Å². The van der Waals surface area contributed by atoms with Crippen LogP contribution in [0.5, 0.6) is 0 Å². The van der Waals surface area contributed by atoms with Gasteiger partial charge in [-0.15, -0.1) is 0 Å². The Bertz CT molecular complexity index is 536. The zero-order valence-corrected chi connectivity index (χ0v) is 17.2. The molecule has 0 atom stereocenters. The van der Waals surface area contributed by atoms with Crippen molar-refractivity contribution in [1.82, 2.24) is 4.90 Å². The average molecular weight is 375 g/mol. The molecule has 0 spiro atoms. The van der Waals surface area contributed by atoms with E-state index >= 15 is 0 Å². The Morgan fingerprint density at radius 1 is 0.800 bits per heavy atom. The van der Waals surface area contributed by atoms with Crippen LogP contribution in [0, 0.1) is 0 Å². The lowest BCUT2D eigenvalue weighted by molar-refractivity contribution is -0.894. The van der Waals surface area contributed by atoms with Crippen LogP contribution in [0.15, 0.2) is 60.7 Å². The highest BCUT2D eigenvalue weighted by Crippen LogP contribution is 2.10. The molecule has 0 amide bonds. The molecule has 0 radical (unpaired) electrons. The van der Waals surface area contributed by atoms with Gasteiger partial charge in [0.05, 0.1) is 19.6 Å². The van der Waals surface area contributed by atoms with Gasteiger partial charge in [0.1, 0.15) is 0 Å². The van der Waals surface area contributed by atoms with Crippen molar-refractivity contribution in [3.05, 3.63) is 71.8 Å². The van der Waals surface area contributed by atoms with Gasteiger partial charge in [-0.1, -0.05) is 65.0 Å². The SMILES string of the molecule is CC[NH+](CC)CC.S=C([S-])N(Cc1ccccc1)Cc1ccccc1. The molecule has 25 heavy (non-hydrogen) atoms. The summed E-state index contributed by atoms with van der Waals surface area (Å²) >= 11 is 10.3. The first kappa shape index (κ1) is 21.6. The molecule has 2 rings (SSSR count). The van der Waals surface area contributed by atoms with E-state index in [0.29, 0.717) is 4.32 Å². The molecule has 0 unspecified atom stereocenters. The van der Waals surface area contributed by atoms with E-state index in [1.54, 1.807) is 4.90 Å². The van der Waals surface area contributed by atoms with Gasteiger partial charge in [-0.05, 0) is 31.9 Å². The van der Waals surface area contributed by atoms with Crippen LogP contribution in [0.2, 0.25) is 0 Å². The van der Waals surface area contributed by atoms with E-state index in [4.69, 9.17) is 24.8 Å². The summed E-state index contributed by atoms with van der Waals surface area (Å²) in [5.41, 5.74) is 2.45. The maximum Gasteiger partial charge on any atom is 0.0742 e. The molecule has 0 saturated carbocycles. The van der Waals surface area contributed by atoms with Gasteiger partial charge in [0, 0.05) is 13.1 Å². The first-order chi connectivity index (χ1) is 12.1. The van der Waals surface area contributed by atoms with Gasteiger partial charge in [0.25, 0.3) is 0 Å².